The standard InChI is InChI=1S/C16H16FNO2/c1-11-3-6-14(17)9-13(11)10-18-15-7-4-12(5-8-15)16(19)20-2/h3-9,18H,10H2,1-2H3. The van der Waals surface area contributed by atoms with Crippen molar-refractivity contribution in [3.63, 3.8) is 0 Å². The average molecular weight is 273 g/mol. The number of anilines is 1. The first kappa shape index (κ1) is 14.1. The highest BCUT2D eigenvalue weighted by Crippen LogP contribution is 2.15. The summed E-state index contributed by atoms with van der Waals surface area (Å²) in [4.78, 5) is 11.3. The highest BCUT2D eigenvalue weighted by Gasteiger charge is 2.05. The van der Waals surface area contributed by atoms with Gasteiger partial charge < -0.3 is 10.1 Å². The van der Waals surface area contributed by atoms with Crippen LogP contribution in [0, 0.1) is 12.7 Å². The fourth-order valence-electron chi connectivity index (χ4n) is 1.87. The Kier molecular flexibility index (Phi) is 4.35. The molecule has 0 saturated carbocycles. The van der Waals surface area contributed by atoms with Gasteiger partial charge in [-0.25, -0.2) is 9.18 Å². The number of rotatable bonds is 4. The molecule has 2 rings (SSSR count). The highest BCUT2D eigenvalue weighted by molar-refractivity contribution is 5.89. The van der Waals surface area contributed by atoms with E-state index >= 15 is 0 Å². The Morgan fingerprint density at radius 2 is 1.90 bits per heavy atom. The molecule has 0 saturated heterocycles. The summed E-state index contributed by atoms with van der Waals surface area (Å²) in [5, 5.41) is 3.19. The van der Waals surface area contributed by atoms with Crippen molar-refractivity contribution in [3.05, 3.63) is 65.0 Å². The fourth-order valence-corrected chi connectivity index (χ4v) is 1.87. The summed E-state index contributed by atoms with van der Waals surface area (Å²) in [7, 11) is 1.35. The van der Waals surface area contributed by atoms with Crippen LogP contribution in [0.5, 0.6) is 0 Å². The molecule has 0 amide bonds. The summed E-state index contributed by atoms with van der Waals surface area (Å²) in [6.07, 6.45) is 0. The van der Waals surface area contributed by atoms with Gasteiger partial charge in [-0.1, -0.05) is 6.07 Å². The third-order valence-electron chi connectivity index (χ3n) is 3.10. The molecule has 0 heterocycles. The van der Waals surface area contributed by atoms with E-state index in [1.807, 2.05) is 6.92 Å². The quantitative estimate of drug-likeness (QED) is 0.866. The minimum atomic E-state index is -0.363. The molecule has 0 radical (unpaired) electrons. The molecule has 0 aliphatic rings. The van der Waals surface area contributed by atoms with Crippen LogP contribution in [0.15, 0.2) is 42.5 Å². The molecule has 4 heteroatoms. The predicted molar refractivity (Wildman–Crippen MR) is 76.2 cm³/mol. The third-order valence-corrected chi connectivity index (χ3v) is 3.10. The van der Waals surface area contributed by atoms with Crippen molar-refractivity contribution in [2.24, 2.45) is 0 Å². The molecule has 0 fully saturated rings. The van der Waals surface area contributed by atoms with Gasteiger partial charge in [-0.15, -0.1) is 0 Å². The van der Waals surface area contributed by atoms with Gasteiger partial charge in [0.25, 0.3) is 0 Å². The van der Waals surface area contributed by atoms with Gasteiger partial charge in [-0.3, -0.25) is 0 Å². The van der Waals surface area contributed by atoms with Crippen molar-refractivity contribution >= 4 is 11.7 Å². The molecular formula is C16H16FNO2. The molecule has 3 nitrogen and oxygen atoms in total. The van der Waals surface area contributed by atoms with Crippen LogP contribution in [-0.2, 0) is 11.3 Å². The van der Waals surface area contributed by atoms with Gasteiger partial charge in [-0.05, 0) is 54.4 Å². The Labute approximate surface area is 117 Å². The smallest absolute Gasteiger partial charge is 0.337 e. The molecule has 2 aromatic rings. The topological polar surface area (TPSA) is 38.3 Å². The lowest BCUT2D eigenvalue weighted by atomic mass is 10.1. The molecule has 2 aromatic carbocycles. The number of hydrogen-bond donors (Lipinski definition) is 1. The maximum Gasteiger partial charge on any atom is 0.337 e. The van der Waals surface area contributed by atoms with E-state index in [1.165, 1.54) is 19.2 Å². The first-order valence-electron chi connectivity index (χ1n) is 6.27. The van der Waals surface area contributed by atoms with Crippen LogP contribution in [-0.4, -0.2) is 13.1 Å². The number of carbonyl (C=O) groups is 1. The average Bonchev–Trinajstić information content (AvgIpc) is 2.48. The number of benzene rings is 2. The van der Waals surface area contributed by atoms with Gasteiger partial charge in [0.1, 0.15) is 5.82 Å². The van der Waals surface area contributed by atoms with E-state index in [0.717, 1.165) is 16.8 Å². The summed E-state index contributed by atoms with van der Waals surface area (Å²) >= 11 is 0. The zero-order valence-electron chi connectivity index (χ0n) is 11.4. The number of hydrogen-bond acceptors (Lipinski definition) is 3. The second-order valence-electron chi connectivity index (χ2n) is 4.49. The predicted octanol–water partition coefficient (Wildman–Crippen LogP) is 3.53. The van der Waals surface area contributed by atoms with Gasteiger partial charge in [0.05, 0.1) is 12.7 Å². The number of aryl methyl sites for hydroxylation is 1. The monoisotopic (exact) mass is 273 g/mol. The van der Waals surface area contributed by atoms with Crippen molar-refractivity contribution in [3.8, 4) is 0 Å². The molecule has 0 aromatic heterocycles. The minimum absolute atomic E-state index is 0.242. The summed E-state index contributed by atoms with van der Waals surface area (Å²) in [6, 6.07) is 11.7. The van der Waals surface area contributed by atoms with Crippen molar-refractivity contribution in [2.45, 2.75) is 13.5 Å². The highest BCUT2D eigenvalue weighted by atomic mass is 19.1. The van der Waals surface area contributed by atoms with Crippen LogP contribution in [0.3, 0.4) is 0 Å². The van der Waals surface area contributed by atoms with E-state index in [0.29, 0.717) is 12.1 Å². The van der Waals surface area contributed by atoms with Crippen LogP contribution >= 0.6 is 0 Å². The molecule has 0 aliphatic heterocycles. The Bertz CT molecular complexity index is 608. The minimum Gasteiger partial charge on any atom is -0.465 e. The molecule has 0 aliphatic carbocycles. The molecule has 0 unspecified atom stereocenters. The van der Waals surface area contributed by atoms with Crippen LogP contribution in [0.2, 0.25) is 0 Å². The van der Waals surface area contributed by atoms with E-state index in [1.54, 1.807) is 30.3 Å². The van der Waals surface area contributed by atoms with Gasteiger partial charge in [0.15, 0.2) is 0 Å². The van der Waals surface area contributed by atoms with Gasteiger partial charge in [-0.2, -0.15) is 0 Å². The van der Waals surface area contributed by atoms with E-state index in [9.17, 15) is 9.18 Å². The molecular weight excluding hydrogens is 257 g/mol. The van der Waals surface area contributed by atoms with Crippen LogP contribution in [0.1, 0.15) is 21.5 Å². The lowest BCUT2D eigenvalue weighted by molar-refractivity contribution is 0.0601. The van der Waals surface area contributed by atoms with Crippen LogP contribution < -0.4 is 5.32 Å². The second-order valence-corrected chi connectivity index (χ2v) is 4.49. The van der Waals surface area contributed by atoms with Crippen molar-refractivity contribution in [1.29, 1.82) is 0 Å². The zero-order valence-corrected chi connectivity index (χ0v) is 11.4. The summed E-state index contributed by atoms with van der Waals surface area (Å²) in [5.74, 6) is -0.606. The van der Waals surface area contributed by atoms with Gasteiger partial charge in [0.2, 0.25) is 0 Å². The number of esters is 1. The molecule has 0 bridgehead atoms. The third kappa shape index (κ3) is 3.35. The first-order valence-corrected chi connectivity index (χ1v) is 6.27. The number of ether oxygens (including phenoxy) is 1. The largest absolute Gasteiger partial charge is 0.465 e. The Hall–Kier alpha value is -2.36. The van der Waals surface area contributed by atoms with Crippen LogP contribution in [0.4, 0.5) is 10.1 Å². The fraction of sp³-hybridized carbons (Fsp3) is 0.188. The lowest BCUT2D eigenvalue weighted by Gasteiger charge is -2.09. The van der Waals surface area contributed by atoms with E-state index in [4.69, 9.17) is 0 Å². The van der Waals surface area contributed by atoms with Crippen molar-refractivity contribution < 1.29 is 13.9 Å². The Balaban J connectivity index is 2.04. The van der Waals surface area contributed by atoms with E-state index < -0.39 is 0 Å². The molecule has 104 valence electrons. The Morgan fingerprint density at radius 3 is 2.55 bits per heavy atom. The van der Waals surface area contributed by atoms with Gasteiger partial charge in [0, 0.05) is 12.2 Å². The SMILES string of the molecule is COC(=O)c1ccc(NCc2cc(F)ccc2C)cc1. The molecule has 20 heavy (non-hydrogen) atoms. The van der Waals surface area contributed by atoms with Crippen LogP contribution in [0.25, 0.3) is 0 Å². The first-order chi connectivity index (χ1) is 9.60. The van der Waals surface area contributed by atoms with Gasteiger partial charge >= 0.3 is 5.97 Å². The summed E-state index contributed by atoms with van der Waals surface area (Å²) in [6.45, 7) is 2.47. The number of nitrogens with one attached hydrogen (secondary N) is 1. The lowest BCUT2D eigenvalue weighted by Crippen LogP contribution is -2.03. The normalized spacial score (nSPS) is 10.2. The van der Waals surface area contributed by atoms with Crippen molar-refractivity contribution in [2.75, 3.05) is 12.4 Å². The summed E-state index contributed by atoms with van der Waals surface area (Å²) < 4.78 is 17.8. The van der Waals surface area contributed by atoms with E-state index in [2.05, 4.69) is 10.1 Å². The molecule has 0 spiro atoms. The zero-order chi connectivity index (χ0) is 14.5. The summed E-state index contributed by atoms with van der Waals surface area (Å²) in [5.41, 5.74) is 3.30. The number of halogens is 1. The van der Waals surface area contributed by atoms with E-state index in [-0.39, 0.29) is 11.8 Å². The maximum atomic E-state index is 13.2. The molecule has 1 N–H and O–H groups in total. The van der Waals surface area contributed by atoms with Crippen molar-refractivity contribution in [1.82, 2.24) is 0 Å². The number of methoxy groups -OCH3 is 1. The molecule has 0 atom stereocenters. The Morgan fingerprint density at radius 1 is 1.20 bits per heavy atom. The second kappa shape index (κ2) is 6.19. The maximum absolute atomic E-state index is 13.2. The number of carbonyl (C=O) groups excluding carboxylic acids is 1.